The molecule has 0 spiro atoms. The third-order valence-electron chi connectivity index (χ3n) is 3.78. The summed E-state index contributed by atoms with van der Waals surface area (Å²) in [4.78, 5) is 12.2. The molecule has 2 aromatic carbocycles. The smallest absolute Gasteiger partial charge is 0.253 e. The zero-order chi connectivity index (χ0) is 18.5. The van der Waals surface area contributed by atoms with Crippen LogP contribution in [0, 0.1) is 0 Å². The highest BCUT2D eigenvalue weighted by Gasteiger charge is 2.13. The molecule has 0 saturated heterocycles. The van der Waals surface area contributed by atoms with Crippen LogP contribution in [-0.4, -0.2) is 25.3 Å². The molecule has 1 N–H and O–H groups in total. The fraction of sp³-hybridized carbons (Fsp3) is 0.158. The Hall–Kier alpha value is -2.99. The molecular formula is C19H17ClN2O4. The Morgan fingerprint density at radius 3 is 2.62 bits per heavy atom. The molecule has 134 valence electrons. The third-order valence-corrected chi connectivity index (χ3v) is 4.11. The van der Waals surface area contributed by atoms with Crippen molar-refractivity contribution in [2.75, 3.05) is 14.2 Å². The van der Waals surface area contributed by atoms with Gasteiger partial charge in [-0.1, -0.05) is 28.9 Å². The second-order valence-electron chi connectivity index (χ2n) is 5.41. The van der Waals surface area contributed by atoms with Gasteiger partial charge in [0.2, 0.25) is 0 Å². The van der Waals surface area contributed by atoms with E-state index >= 15 is 0 Å². The van der Waals surface area contributed by atoms with E-state index in [4.69, 9.17) is 25.6 Å². The fourth-order valence-corrected chi connectivity index (χ4v) is 2.65. The molecule has 0 unspecified atom stereocenters. The summed E-state index contributed by atoms with van der Waals surface area (Å²) in [6, 6.07) is 14.0. The number of rotatable bonds is 6. The summed E-state index contributed by atoms with van der Waals surface area (Å²) in [5.74, 6) is 1.51. The van der Waals surface area contributed by atoms with Gasteiger partial charge in [-0.05, 0) is 30.3 Å². The predicted octanol–water partition coefficient (Wildman–Crippen LogP) is 3.94. The molecular weight excluding hydrogens is 356 g/mol. The first-order valence-electron chi connectivity index (χ1n) is 7.83. The number of carbonyl (C=O) groups is 1. The van der Waals surface area contributed by atoms with Crippen molar-refractivity contribution in [3.8, 4) is 22.8 Å². The van der Waals surface area contributed by atoms with Crippen LogP contribution in [-0.2, 0) is 6.54 Å². The van der Waals surface area contributed by atoms with Gasteiger partial charge in [-0.2, -0.15) is 0 Å². The molecule has 1 heterocycles. The summed E-state index contributed by atoms with van der Waals surface area (Å²) in [7, 11) is 3.14. The van der Waals surface area contributed by atoms with E-state index < -0.39 is 0 Å². The van der Waals surface area contributed by atoms with Crippen LogP contribution in [0.25, 0.3) is 11.3 Å². The van der Waals surface area contributed by atoms with E-state index in [0.717, 1.165) is 5.56 Å². The molecule has 6 nitrogen and oxygen atoms in total. The number of hydrogen-bond donors (Lipinski definition) is 1. The number of benzene rings is 2. The Morgan fingerprint density at radius 2 is 1.88 bits per heavy atom. The molecule has 3 rings (SSSR count). The highest BCUT2D eigenvalue weighted by Crippen LogP contribution is 2.32. The Morgan fingerprint density at radius 1 is 1.12 bits per heavy atom. The van der Waals surface area contributed by atoms with E-state index in [9.17, 15) is 4.79 Å². The molecule has 0 aliphatic carbocycles. The van der Waals surface area contributed by atoms with E-state index in [2.05, 4.69) is 10.5 Å². The molecule has 0 atom stereocenters. The van der Waals surface area contributed by atoms with Gasteiger partial charge in [-0.3, -0.25) is 4.79 Å². The van der Waals surface area contributed by atoms with Gasteiger partial charge in [0, 0.05) is 11.6 Å². The number of amides is 1. The second kappa shape index (κ2) is 7.93. The number of nitrogens with zero attached hydrogens (tertiary/aromatic N) is 1. The molecule has 0 fully saturated rings. The molecule has 7 heteroatoms. The van der Waals surface area contributed by atoms with Crippen LogP contribution in [0.1, 0.15) is 16.1 Å². The van der Waals surface area contributed by atoms with Crippen molar-refractivity contribution >= 4 is 17.5 Å². The number of halogens is 1. The van der Waals surface area contributed by atoms with E-state index in [-0.39, 0.29) is 12.5 Å². The maximum atomic E-state index is 12.2. The lowest BCUT2D eigenvalue weighted by Gasteiger charge is -2.07. The van der Waals surface area contributed by atoms with Gasteiger partial charge in [0.15, 0.2) is 17.3 Å². The zero-order valence-corrected chi connectivity index (χ0v) is 15.0. The molecule has 0 aliphatic heterocycles. The lowest BCUT2D eigenvalue weighted by Crippen LogP contribution is -2.23. The monoisotopic (exact) mass is 372 g/mol. The molecule has 26 heavy (non-hydrogen) atoms. The number of nitrogens with one attached hydrogen (secondary N) is 1. The van der Waals surface area contributed by atoms with Crippen LogP contribution in [0.5, 0.6) is 11.5 Å². The number of hydrogen-bond acceptors (Lipinski definition) is 5. The van der Waals surface area contributed by atoms with Gasteiger partial charge in [0.05, 0.1) is 31.4 Å². The lowest BCUT2D eigenvalue weighted by atomic mass is 10.1. The molecule has 1 amide bonds. The van der Waals surface area contributed by atoms with Crippen LogP contribution in [0.4, 0.5) is 0 Å². The molecule has 0 bridgehead atoms. The van der Waals surface area contributed by atoms with E-state index in [1.165, 1.54) is 0 Å². The lowest BCUT2D eigenvalue weighted by molar-refractivity contribution is 0.0950. The predicted molar refractivity (Wildman–Crippen MR) is 97.7 cm³/mol. The summed E-state index contributed by atoms with van der Waals surface area (Å²) in [6.07, 6.45) is 0. The minimum absolute atomic E-state index is 0.223. The van der Waals surface area contributed by atoms with Crippen LogP contribution < -0.4 is 14.8 Å². The second-order valence-corrected chi connectivity index (χ2v) is 5.82. The standard InChI is InChI=1S/C19H17ClN2O4/c1-24-16-8-7-12(9-18(16)25-2)17-10-13(22-26-17)11-21-19(23)14-5-3-4-6-15(14)20/h3-10H,11H2,1-2H3,(H,21,23). The molecule has 3 aromatic rings. The number of ether oxygens (including phenoxy) is 2. The van der Waals surface area contributed by atoms with Crippen molar-refractivity contribution in [3.05, 3.63) is 64.8 Å². The number of aromatic nitrogens is 1. The van der Waals surface area contributed by atoms with Crippen molar-refractivity contribution in [2.45, 2.75) is 6.54 Å². The average Bonchev–Trinajstić information content (AvgIpc) is 3.15. The highest BCUT2D eigenvalue weighted by molar-refractivity contribution is 6.33. The number of carbonyl (C=O) groups excluding carboxylic acids is 1. The van der Waals surface area contributed by atoms with Crippen LogP contribution in [0.2, 0.25) is 5.02 Å². The van der Waals surface area contributed by atoms with Gasteiger partial charge in [0.1, 0.15) is 5.69 Å². The largest absolute Gasteiger partial charge is 0.493 e. The summed E-state index contributed by atoms with van der Waals surface area (Å²) < 4.78 is 15.9. The van der Waals surface area contributed by atoms with Crippen molar-refractivity contribution in [3.63, 3.8) is 0 Å². The van der Waals surface area contributed by atoms with Gasteiger partial charge in [-0.25, -0.2) is 0 Å². The molecule has 0 radical (unpaired) electrons. The molecule has 1 aromatic heterocycles. The summed E-state index contributed by atoms with van der Waals surface area (Å²) >= 11 is 6.02. The summed E-state index contributed by atoms with van der Waals surface area (Å²) in [5.41, 5.74) is 1.80. The highest BCUT2D eigenvalue weighted by atomic mass is 35.5. The maximum Gasteiger partial charge on any atom is 0.253 e. The summed E-state index contributed by atoms with van der Waals surface area (Å²) in [5, 5.41) is 7.15. The fourth-order valence-electron chi connectivity index (χ4n) is 2.43. The maximum absolute atomic E-state index is 12.2. The third kappa shape index (κ3) is 3.81. The Balaban J connectivity index is 1.70. The minimum atomic E-state index is -0.272. The Kier molecular flexibility index (Phi) is 5.43. The molecule has 0 saturated carbocycles. The van der Waals surface area contributed by atoms with E-state index in [1.54, 1.807) is 56.7 Å². The van der Waals surface area contributed by atoms with Gasteiger partial charge in [-0.15, -0.1) is 0 Å². The quantitative estimate of drug-likeness (QED) is 0.709. The van der Waals surface area contributed by atoms with E-state index in [1.807, 2.05) is 6.07 Å². The SMILES string of the molecule is COc1ccc(-c2cc(CNC(=O)c3ccccc3Cl)no2)cc1OC. The first kappa shape index (κ1) is 17.8. The van der Waals surface area contributed by atoms with Gasteiger partial charge < -0.3 is 19.3 Å². The van der Waals surface area contributed by atoms with Gasteiger partial charge in [0.25, 0.3) is 5.91 Å². The number of methoxy groups -OCH3 is 2. The first-order valence-corrected chi connectivity index (χ1v) is 8.21. The van der Waals surface area contributed by atoms with Crippen molar-refractivity contribution in [1.82, 2.24) is 10.5 Å². The Bertz CT molecular complexity index is 923. The van der Waals surface area contributed by atoms with Crippen LogP contribution in [0.3, 0.4) is 0 Å². The first-order chi connectivity index (χ1) is 12.6. The van der Waals surface area contributed by atoms with E-state index in [0.29, 0.717) is 33.5 Å². The minimum Gasteiger partial charge on any atom is -0.493 e. The van der Waals surface area contributed by atoms with Crippen LogP contribution >= 0.6 is 11.6 Å². The van der Waals surface area contributed by atoms with Crippen molar-refractivity contribution < 1.29 is 18.8 Å². The zero-order valence-electron chi connectivity index (χ0n) is 14.3. The van der Waals surface area contributed by atoms with Crippen LogP contribution in [0.15, 0.2) is 53.1 Å². The Labute approximate surface area is 155 Å². The van der Waals surface area contributed by atoms with Crippen molar-refractivity contribution in [2.24, 2.45) is 0 Å². The normalized spacial score (nSPS) is 10.4. The molecule has 0 aliphatic rings. The summed E-state index contributed by atoms with van der Waals surface area (Å²) in [6.45, 7) is 0.223. The topological polar surface area (TPSA) is 73.6 Å². The average molecular weight is 373 g/mol. The van der Waals surface area contributed by atoms with Gasteiger partial charge >= 0.3 is 0 Å². The van der Waals surface area contributed by atoms with Crippen molar-refractivity contribution in [1.29, 1.82) is 0 Å².